The summed E-state index contributed by atoms with van der Waals surface area (Å²) in [5.41, 5.74) is -0.186. The van der Waals surface area contributed by atoms with Gasteiger partial charge in [-0.1, -0.05) is 34.1 Å². The van der Waals surface area contributed by atoms with Crippen molar-refractivity contribution < 1.29 is 23.9 Å². The zero-order chi connectivity index (χ0) is 33.4. The first-order chi connectivity index (χ1) is 23.0. The van der Waals surface area contributed by atoms with Crippen molar-refractivity contribution in [1.82, 2.24) is 15.1 Å². The van der Waals surface area contributed by atoms with Crippen LogP contribution < -0.4 is 5.32 Å². The minimum absolute atomic E-state index is 0.00956. The van der Waals surface area contributed by atoms with E-state index in [0.717, 1.165) is 71.1 Å². The van der Waals surface area contributed by atoms with Crippen molar-refractivity contribution in [2.45, 2.75) is 148 Å². The summed E-state index contributed by atoms with van der Waals surface area (Å²) in [5, 5.41) is 3.30. The summed E-state index contributed by atoms with van der Waals surface area (Å²) in [6, 6.07) is 0.726. The molecule has 8 fully saturated rings. The molecule has 1 N–H and O–H groups in total. The number of carbonyl (C=O) groups excluding carboxylic acids is 3. The first-order valence-corrected chi connectivity index (χ1v) is 20.2. The number of rotatable bonds is 4. The fourth-order valence-electron chi connectivity index (χ4n) is 13.4. The van der Waals surface area contributed by atoms with Crippen LogP contribution >= 0.6 is 0 Å². The molecule has 4 saturated heterocycles. The third kappa shape index (κ3) is 5.43. The normalized spacial score (nSPS) is 48.0. The summed E-state index contributed by atoms with van der Waals surface area (Å²) in [5.74, 6) is 2.84. The highest BCUT2D eigenvalue weighted by Gasteiger charge is 2.71. The van der Waals surface area contributed by atoms with Crippen molar-refractivity contribution >= 4 is 17.6 Å². The Morgan fingerprint density at radius 3 is 2.40 bits per heavy atom. The highest BCUT2D eigenvalue weighted by atomic mass is 16.7. The van der Waals surface area contributed by atoms with Crippen molar-refractivity contribution in [2.24, 2.45) is 52.3 Å². The third-order valence-corrected chi connectivity index (χ3v) is 16.2. The van der Waals surface area contributed by atoms with Gasteiger partial charge in [0.2, 0.25) is 11.8 Å². The number of ether oxygens (including phenoxy) is 2. The van der Waals surface area contributed by atoms with Gasteiger partial charge in [0.05, 0.1) is 12.7 Å². The summed E-state index contributed by atoms with van der Waals surface area (Å²) in [7, 11) is 0. The first kappa shape index (κ1) is 33.6. The van der Waals surface area contributed by atoms with Gasteiger partial charge in [-0.25, -0.2) is 0 Å². The number of nitrogens with one attached hydrogen (secondary N) is 1. The average molecular weight is 666 g/mol. The number of piperidine rings is 2. The molecule has 8 nitrogen and oxygen atoms in total. The number of fused-ring (bicyclic) bond motifs is 7. The lowest BCUT2D eigenvalue weighted by molar-refractivity contribution is -0.272. The molecule has 0 bridgehead atoms. The van der Waals surface area contributed by atoms with E-state index in [1.807, 2.05) is 4.90 Å². The van der Waals surface area contributed by atoms with E-state index in [2.05, 4.69) is 37.9 Å². The predicted molar refractivity (Wildman–Crippen MR) is 184 cm³/mol. The minimum atomic E-state index is -0.492. The summed E-state index contributed by atoms with van der Waals surface area (Å²) < 4.78 is 13.4. The maximum Gasteiger partial charge on any atom is 0.232 e. The summed E-state index contributed by atoms with van der Waals surface area (Å²) in [6.07, 6.45) is 15.2. The van der Waals surface area contributed by atoms with E-state index in [0.29, 0.717) is 47.8 Å². The van der Waals surface area contributed by atoms with Crippen molar-refractivity contribution in [3.8, 4) is 0 Å². The Hall–Kier alpha value is -1.51. The van der Waals surface area contributed by atoms with Gasteiger partial charge in [-0.05, 0) is 119 Å². The van der Waals surface area contributed by atoms with Gasteiger partial charge in [-0.3, -0.25) is 14.4 Å². The standard InChI is InChI=1S/C40H63N3O5/c1-25-10-15-40(47-24-25)26(2)37-33(48-40)21-32-30-9-8-27-20-28(11-14-38(27,3)31(30)22-34(44)39(32,37)4)41-35(45)23-36(46)43-18-12-29(13-19-43)42-16-6-5-7-17-42/h25-33,37H,5-24H2,1-4H3,(H,41,45)/t25-,26+,27+,28-,30-,31+,32+,33+,37+,38+,39-,40-/m1/s1. The Labute approximate surface area is 289 Å². The molecule has 2 amide bonds. The first-order valence-electron chi connectivity index (χ1n) is 20.2. The molecule has 12 atom stereocenters. The number of likely N-dealkylation sites (tertiary alicyclic amines) is 2. The van der Waals surface area contributed by atoms with Crippen LogP contribution in [-0.2, 0) is 23.9 Å². The number of amides is 2. The van der Waals surface area contributed by atoms with Gasteiger partial charge in [0.25, 0.3) is 0 Å². The van der Waals surface area contributed by atoms with Gasteiger partial charge < -0.3 is 24.6 Å². The van der Waals surface area contributed by atoms with Gasteiger partial charge in [-0.2, -0.15) is 0 Å². The SMILES string of the molecule is C[C@@H]1CC[C@@]2(OC1)O[C@H]1C[C@H]3[C@@H]4CC[C@H]5C[C@H](NC(=O)CC(=O)N6CCC(N7CCCCC7)CC6)CC[C@]5(C)[C@H]4CC(=O)[C@]3(C)[C@H]1[C@@H]2C. The van der Waals surface area contributed by atoms with Crippen LogP contribution in [0.1, 0.15) is 124 Å². The molecule has 4 saturated carbocycles. The molecule has 0 aromatic carbocycles. The fourth-order valence-corrected chi connectivity index (χ4v) is 13.4. The molecule has 8 aliphatic rings. The van der Waals surface area contributed by atoms with Crippen LogP contribution in [0.25, 0.3) is 0 Å². The van der Waals surface area contributed by atoms with Crippen LogP contribution in [0.3, 0.4) is 0 Å². The van der Waals surface area contributed by atoms with Crippen LogP contribution in [0, 0.1) is 52.3 Å². The Morgan fingerprint density at radius 1 is 0.896 bits per heavy atom. The lowest BCUT2D eigenvalue weighted by Crippen LogP contribution is -2.59. The largest absolute Gasteiger partial charge is 0.353 e. The van der Waals surface area contributed by atoms with E-state index in [-0.39, 0.29) is 53.0 Å². The second-order valence-corrected chi connectivity index (χ2v) is 18.5. The van der Waals surface area contributed by atoms with Gasteiger partial charge in [-0.15, -0.1) is 0 Å². The molecular formula is C40H63N3O5. The highest BCUT2D eigenvalue weighted by Crippen LogP contribution is 2.70. The number of ketones is 1. The molecule has 8 heteroatoms. The Kier molecular flexibility index (Phi) is 8.84. The molecule has 268 valence electrons. The maximum atomic E-state index is 14.4. The van der Waals surface area contributed by atoms with E-state index in [1.54, 1.807) is 0 Å². The molecule has 0 aromatic heterocycles. The maximum absolute atomic E-state index is 14.4. The smallest absolute Gasteiger partial charge is 0.232 e. The number of Topliss-reactive ketones (excluding diaryl/α,β-unsaturated/α-hetero) is 1. The zero-order valence-electron chi connectivity index (χ0n) is 30.4. The van der Waals surface area contributed by atoms with Gasteiger partial charge in [0.15, 0.2) is 5.79 Å². The van der Waals surface area contributed by atoms with E-state index in [1.165, 1.54) is 45.2 Å². The predicted octanol–water partition coefficient (Wildman–Crippen LogP) is 5.96. The second-order valence-electron chi connectivity index (χ2n) is 18.5. The van der Waals surface area contributed by atoms with E-state index >= 15 is 0 Å². The van der Waals surface area contributed by atoms with Gasteiger partial charge in [0.1, 0.15) is 12.2 Å². The summed E-state index contributed by atoms with van der Waals surface area (Å²) in [6.45, 7) is 14.1. The highest BCUT2D eigenvalue weighted by molar-refractivity contribution is 5.97. The second kappa shape index (κ2) is 12.6. The fraction of sp³-hybridized carbons (Fsp3) is 0.925. The monoisotopic (exact) mass is 665 g/mol. The molecular weight excluding hydrogens is 602 g/mol. The summed E-state index contributed by atoms with van der Waals surface area (Å²) >= 11 is 0. The molecule has 0 aromatic rings. The molecule has 48 heavy (non-hydrogen) atoms. The van der Waals surface area contributed by atoms with Crippen molar-refractivity contribution in [1.29, 1.82) is 0 Å². The van der Waals surface area contributed by atoms with E-state index in [4.69, 9.17) is 9.47 Å². The van der Waals surface area contributed by atoms with Crippen LogP contribution in [-0.4, -0.2) is 84.2 Å². The molecule has 4 heterocycles. The van der Waals surface area contributed by atoms with Crippen LogP contribution in [0.2, 0.25) is 0 Å². The number of hydrogen-bond acceptors (Lipinski definition) is 6. The van der Waals surface area contributed by atoms with E-state index < -0.39 is 5.79 Å². The van der Waals surface area contributed by atoms with Gasteiger partial charge >= 0.3 is 0 Å². The Balaban J connectivity index is 0.860. The number of hydrogen-bond donors (Lipinski definition) is 1. The minimum Gasteiger partial charge on any atom is -0.353 e. The average Bonchev–Trinajstić information content (AvgIpc) is 3.53. The lowest BCUT2D eigenvalue weighted by Gasteiger charge is -2.60. The van der Waals surface area contributed by atoms with Crippen LogP contribution in [0.15, 0.2) is 0 Å². The van der Waals surface area contributed by atoms with E-state index in [9.17, 15) is 14.4 Å². The van der Waals surface area contributed by atoms with Crippen molar-refractivity contribution in [3.05, 3.63) is 0 Å². The zero-order valence-corrected chi connectivity index (χ0v) is 30.4. The molecule has 1 spiro atoms. The Bertz CT molecular complexity index is 1250. The van der Waals surface area contributed by atoms with Crippen molar-refractivity contribution in [2.75, 3.05) is 32.8 Å². The molecule has 4 aliphatic carbocycles. The van der Waals surface area contributed by atoms with Crippen molar-refractivity contribution in [3.63, 3.8) is 0 Å². The van der Waals surface area contributed by atoms with Crippen LogP contribution in [0.5, 0.6) is 0 Å². The quantitative estimate of drug-likeness (QED) is 0.373. The molecule has 4 aliphatic heterocycles. The molecule has 0 radical (unpaired) electrons. The summed E-state index contributed by atoms with van der Waals surface area (Å²) in [4.78, 5) is 45.3. The van der Waals surface area contributed by atoms with Gasteiger partial charge in [0, 0.05) is 55.3 Å². The number of nitrogens with zero attached hydrogens (tertiary/aromatic N) is 2. The van der Waals surface area contributed by atoms with Crippen LogP contribution in [0.4, 0.5) is 0 Å². The lowest BCUT2D eigenvalue weighted by atomic mass is 9.44. The number of carbonyl (C=O) groups is 3. The Morgan fingerprint density at radius 2 is 1.67 bits per heavy atom. The topological polar surface area (TPSA) is 88.2 Å². The molecule has 0 unspecified atom stereocenters. The molecule has 8 rings (SSSR count). The third-order valence-electron chi connectivity index (χ3n) is 16.2.